The van der Waals surface area contributed by atoms with Gasteiger partial charge in [-0.05, 0) is 30.7 Å². The predicted molar refractivity (Wildman–Crippen MR) is 72.4 cm³/mol. The van der Waals surface area contributed by atoms with Gasteiger partial charge >= 0.3 is 0 Å². The van der Waals surface area contributed by atoms with Crippen LogP contribution in [0.4, 0.5) is 0 Å². The Hall–Kier alpha value is -1.12. The number of ketones is 1. The van der Waals surface area contributed by atoms with Gasteiger partial charge in [-0.15, -0.1) is 0 Å². The standard InChI is InChI=1S/C15H24N2O/c1-4-17-11-12(10-16-17)9-14(18)13-7-5-6-8-15(13,2)3/h10-11,13H,4-9H2,1-3H3. The zero-order valence-electron chi connectivity index (χ0n) is 11.8. The van der Waals surface area contributed by atoms with Crippen LogP contribution in [0.25, 0.3) is 0 Å². The van der Waals surface area contributed by atoms with Crippen LogP contribution in [0.5, 0.6) is 0 Å². The highest BCUT2D eigenvalue weighted by Gasteiger charge is 2.36. The van der Waals surface area contributed by atoms with Gasteiger partial charge in [-0.1, -0.05) is 26.7 Å². The molecule has 0 amide bonds. The highest BCUT2D eigenvalue weighted by Crippen LogP contribution is 2.41. The minimum Gasteiger partial charge on any atom is -0.299 e. The van der Waals surface area contributed by atoms with Crippen LogP contribution in [0.1, 0.15) is 52.0 Å². The van der Waals surface area contributed by atoms with E-state index >= 15 is 0 Å². The number of nitrogens with zero attached hydrogens (tertiary/aromatic N) is 2. The van der Waals surface area contributed by atoms with E-state index in [0.717, 1.165) is 18.5 Å². The van der Waals surface area contributed by atoms with Gasteiger partial charge in [0.05, 0.1) is 6.20 Å². The minimum atomic E-state index is 0.177. The maximum Gasteiger partial charge on any atom is 0.140 e. The van der Waals surface area contributed by atoms with Crippen molar-refractivity contribution >= 4 is 5.78 Å². The smallest absolute Gasteiger partial charge is 0.140 e. The average molecular weight is 248 g/mol. The average Bonchev–Trinajstić information content (AvgIpc) is 2.76. The normalized spacial score (nSPS) is 22.9. The molecule has 1 aromatic heterocycles. The van der Waals surface area contributed by atoms with E-state index in [1.807, 2.05) is 17.1 Å². The maximum absolute atomic E-state index is 12.4. The number of aromatic nitrogens is 2. The molecule has 0 N–H and O–H groups in total. The van der Waals surface area contributed by atoms with Crippen molar-refractivity contribution in [1.29, 1.82) is 0 Å². The highest BCUT2D eigenvalue weighted by atomic mass is 16.1. The molecule has 3 heteroatoms. The zero-order valence-corrected chi connectivity index (χ0v) is 11.8. The third kappa shape index (κ3) is 2.82. The van der Waals surface area contributed by atoms with Crippen molar-refractivity contribution in [2.45, 2.75) is 59.4 Å². The van der Waals surface area contributed by atoms with Crippen molar-refractivity contribution in [3.8, 4) is 0 Å². The van der Waals surface area contributed by atoms with Crippen molar-refractivity contribution < 1.29 is 4.79 Å². The lowest BCUT2D eigenvalue weighted by Crippen LogP contribution is -2.34. The summed E-state index contributed by atoms with van der Waals surface area (Å²) in [5, 5.41) is 4.23. The van der Waals surface area contributed by atoms with Gasteiger partial charge in [0.25, 0.3) is 0 Å². The van der Waals surface area contributed by atoms with Crippen LogP contribution < -0.4 is 0 Å². The molecular weight excluding hydrogens is 224 g/mol. The molecule has 2 rings (SSSR count). The maximum atomic E-state index is 12.4. The van der Waals surface area contributed by atoms with Crippen LogP contribution in [0.3, 0.4) is 0 Å². The van der Waals surface area contributed by atoms with E-state index in [4.69, 9.17) is 0 Å². The second-order valence-corrected chi connectivity index (χ2v) is 6.13. The summed E-state index contributed by atoms with van der Waals surface area (Å²) in [7, 11) is 0. The molecule has 1 heterocycles. The summed E-state index contributed by atoms with van der Waals surface area (Å²) >= 11 is 0. The molecule has 1 saturated carbocycles. The van der Waals surface area contributed by atoms with Crippen molar-refractivity contribution in [1.82, 2.24) is 9.78 Å². The molecule has 0 saturated heterocycles. The summed E-state index contributed by atoms with van der Waals surface area (Å²) in [6.07, 6.45) is 9.09. The van der Waals surface area contributed by atoms with Gasteiger partial charge in [-0.2, -0.15) is 5.10 Å². The quantitative estimate of drug-likeness (QED) is 0.820. The molecule has 0 aliphatic heterocycles. The highest BCUT2D eigenvalue weighted by molar-refractivity contribution is 5.83. The SMILES string of the molecule is CCn1cc(CC(=O)C2CCCCC2(C)C)cn1. The molecule has 0 radical (unpaired) electrons. The number of hydrogen-bond donors (Lipinski definition) is 0. The fourth-order valence-corrected chi connectivity index (χ4v) is 3.09. The van der Waals surface area contributed by atoms with Gasteiger partial charge in [0.1, 0.15) is 5.78 Å². The molecule has 0 spiro atoms. The van der Waals surface area contributed by atoms with Crippen LogP contribution in [0.15, 0.2) is 12.4 Å². The Morgan fingerprint density at radius 1 is 1.50 bits per heavy atom. The van der Waals surface area contributed by atoms with Crippen molar-refractivity contribution in [3.05, 3.63) is 18.0 Å². The molecule has 0 bridgehead atoms. The third-order valence-electron chi connectivity index (χ3n) is 4.28. The van der Waals surface area contributed by atoms with Crippen molar-refractivity contribution in [3.63, 3.8) is 0 Å². The van der Waals surface area contributed by atoms with Gasteiger partial charge in [-0.3, -0.25) is 9.48 Å². The van der Waals surface area contributed by atoms with E-state index in [1.54, 1.807) is 0 Å². The Kier molecular flexibility index (Phi) is 3.88. The monoisotopic (exact) mass is 248 g/mol. The second-order valence-electron chi connectivity index (χ2n) is 6.13. The molecule has 3 nitrogen and oxygen atoms in total. The van der Waals surface area contributed by atoms with E-state index < -0.39 is 0 Å². The van der Waals surface area contributed by atoms with Crippen molar-refractivity contribution in [2.24, 2.45) is 11.3 Å². The van der Waals surface area contributed by atoms with Crippen LogP contribution >= 0.6 is 0 Å². The molecule has 1 aliphatic rings. The third-order valence-corrected chi connectivity index (χ3v) is 4.28. The molecule has 18 heavy (non-hydrogen) atoms. The van der Waals surface area contributed by atoms with E-state index in [0.29, 0.717) is 12.2 Å². The molecule has 100 valence electrons. The van der Waals surface area contributed by atoms with Crippen LogP contribution in [0, 0.1) is 11.3 Å². The Labute approximate surface area is 110 Å². The topological polar surface area (TPSA) is 34.9 Å². The molecule has 1 aliphatic carbocycles. The van der Waals surface area contributed by atoms with E-state index in [-0.39, 0.29) is 11.3 Å². The molecule has 0 aromatic carbocycles. The fourth-order valence-electron chi connectivity index (χ4n) is 3.09. The first-order valence-corrected chi connectivity index (χ1v) is 7.07. The Morgan fingerprint density at radius 2 is 2.28 bits per heavy atom. The van der Waals surface area contributed by atoms with E-state index in [1.165, 1.54) is 19.3 Å². The Bertz CT molecular complexity index is 420. The largest absolute Gasteiger partial charge is 0.299 e. The zero-order chi connectivity index (χ0) is 13.2. The molecule has 1 unspecified atom stereocenters. The lowest BCUT2D eigenvalue weighted by molar-refractivity contribution is -0.127. The minimum absolute atomic E-state index is 0.177. The Balaban J connectivity index is 2.02. The van der Waals surface area contributed by atoms with Gasteiger partial charge in [0.2, 0.25) is 0 Å². The van der Waals surface area contributed by atoms with E-state index in [2.05, 4.69) is 25.9 Å². The van der Waals surface area contributed by atoms with Crippen LogP contribution in [-0.2, 0) is 17.8 Å². The summed E-state index contributed by atoms with van der Waals surface area (Å²) in [6, 6.07) is 0. The van der Waals surface area contributed by atoms with Gasteiger partial charge < -0.3 is 0 Å². The van der Waals surface area contributed by atoms with E-state index in [9.17, 15) is 4.79 Å². The number of Topliss-reactive ketones (excluding diaryl/α,β-unsaturated/α-hetero) is 1. The first-order chi connectivity index (χ1) is 8.53. The first-order valence-electron chi connectivity index (χ1n) is 7.07. The summed E-state index contributed by atoms with van der Waals surface area (Å²) in [5.41, 5.74) is 1.24. The number of carbonyl (C=O) groups is 1. The molecule has 1 fully saturated rings. The summed E-state index contributed by atoms with van der Waals surface area (Å²) in [4.78, 5) is 12.4. The van der Waals surface area contributed by atoms with Crippen LogP contribution in [-0.4, -0.2) is 15.6 Å². The first kappa shape index (κ1) is 13.3. The summed E-state index contributed by atoms with van der Waals surface area (Å²) in [6.45, 7) is 7.40. The van der Waals surface area contributed by atoms with Gasteiger partial charge in [0, 0.05) is 25.1 Å². The van der Waals surface area contributed by atoms with Gasteiger partial charge in [-0.25, -0.2) is 0 Å². The van der Waals surface area contributed by atoms with Crippen LogP contribution in [0.2, 0.25) is 0 Å². The number of rotatable bonds is 4. The van der Waals surface area contributed by atoms with Crippen molar-refractivity contribution in [2.75, 3.05) is 0 Å². The molecule has 1 atom stereocenters. The molecular formula is C15H24N2O. The second kappa shape index (κ2) is 5.25. The lowest BCUT2D eigenvalue weighted by Gasteiger charge is -2.37. The summed E-state index contributed by atoms with van der Waals surface area (Å²) in [5.74, 6) is 0.631. The predicted octanol–water partition coefficient (Wildman–Crippen LogP) is 3.23. The number of aryl methyl sites for hydroxylation is 1. The number of hydrogen-bond acceptors (Lipinski definition) is 2. The lowest BCUT2D eigenvalue weighted by atomic mass is 9.66. The fraction of sp³-hybridized carbons (Fsp3) is 0.733. The Morgan fingerprint density at radius 3 is 2.89 bits per heavy atom. The number of carbonyl (C=O) groups excluding carboxylic acids is 1. The van der Waals surface area contributed by atoms with Gasteiger partial charge in [0.15, 0.2) is 0 Å². The molecule has 1 aromatic rings. The summed E-state index contributed by atoms with van der Waals surface area (Å²) < 4.78 is 1.88.